The number of aldehydes is 1. The monoisotopic (exact) mass is 502 g/mol. The van der Waals surface area contributed by atoms with Crippen LogP contribution in [-0.4, -0.2) is 78.7 Å². The summed E-state index contributed by atoms with van der Waals surface area (Å²) < 4.78 is 6.13. The second-order valence-electron chi connectivity index (χ2n) is 9.60. The Balaban J connectivity index is 1.47. The molecule has 0 amide bonds. The van der Waals surface area contributed by atoms with E-state index in [9.17, 15) is 9.90 Å². The minimum atomic E-state index is -0.0732. The highest BCUT2D eigenvalue weighted by Crippen LogP contribution is 2.36. The third-order valence-corrected chi connectivity index (χ3v) is 6.98. The Labute approximate surface area is 217 Å². The number of nitrogens with one attached hydrogen (secondary N) is 1. The number of ether oxygens (including phenoxy) is 1. The zero-order valence-electron chi connectivity index (χ0n) is 21.4. The number of piperazine rings is 1. The number of phenolic OH excluding ortho intramolecular Hbond substituents is 1. The topological polar surface area (TPSA) is 94.1 Å². The van der Waals surface area contributed by atoms with Crippen LogP contribution in [0.5, 0.6) is 11.8 Å². The van der Waals surface area contributed by atoms with Gasteiger partial charge in [0.1, 0.15) is 24.0 Å². The largest absolute Gasteiger partial charge is 0.508 e. The van der Waals surface area contributed by atoms with Crippen LogP contribution in [0.25, 0.3) is 10.8 Å². The van der Waals surface area contributed by atoms with Crippen molar-refractivity contribution in [1.82, 2.24) is 20.2 Å². The van der Waals surface area contributed by atoms with Crippen LogP contribution in [0.15, 0.2) is 48.7 Å². The van der Waals surface area contributed by atoms with E-state index in [-0.39, 0.29) is 11.9 Å². The first-order valence-electron chi connectivity index (χ1n) is 12.8. The molecule has 0 bridgehead atoms. The summed E-state index contributed by atoms with van der Waals surface area (Å²) in [5.74, 6) is 1.20. The van der Waals surface area contributed by atoms with Gasteiger partial charge in [-0.1, -0.05) is 24.3 Å². The van der Waals surface area contributed by atoms with Gasteiger partial charge in [0.2, 0.25) is 0 Å². The van der Waals surface area contributed by atoms with E-state index in [0.29, 0.717) is 19.1 Å². The molecule has 2 aliphatic heterocycles. The number of carbonyl (C=O) groups excluding carboxylic acids is 1. The van der Waals surface area contributed by atoms with E-state index < -0.39 is 0 Å². The summed E-state index contributed by atoms with van der Waals surface area (Å²) >= 11 is 0. The van der Waals surface area contributed by atoms with Gasteiger partial charge < -0.3 is 29.9 Å². The Morgan fingerprint density at radius 1 is 1.11 bits per heavy atom. The molecule has 194 valence electrons. The number of phenols is 1. The number of anilines is 2. The molecule has 0 unspecified atom stereocenters. The molecule has 5 rings (SSSR count). The maximum atomic E-state index is 10.7. The Hall–Kier alpha value is -3.85. The molecular weight excluding hydrogens is 468 g/mol. The van der Waals surface area contributed by atoms with E-state index in [1.807, 2.05) is 44.4 Å². The zero-order valence-corrected chi connectivity index (χ0v) is 21.4. The minimum Gasteiger partial charge on any atom is -0.508 e. The van der Waals surface area contributed by atoms with Gasteiger partial charge in [-0.2, -0.15) is 9.97 Å². The number of aromatic nitrogens is 2. The summed E-state index contributed by atoms with van der Waals surface area (Å²) in [7, 11) is 1.90. The van der Waals surface area contributed by atoms with Gasteiger partial charge in [0.05, 0.1) is 12.2 Å². The van der Waals surface area contributed by atoms with E-state index in [1.54, 1.807) is 6.07 Å². The number of rotatable bonds is 8. The van der Waals surface area contributed by atoms with Crippen LogP contribution >= 0.6 is 0 Å². The molecule has 0 saturated carbocycles. The smallest absolute Gasteiger partial charge is 0.318 e. The highest BCUT2D eigenvalue weighted by Gasteiger charge is 2.28. The van der Waals surface area contributed by atoms with Crippen molar-refractivity contribution in [2.75, 3.05) is 56.1 Å². The van der Waals surface area contributed by atoms with E-state index in [1.165, 1.54) is 6.08 Å². The number of hydrogen-bond acceptors (Lipinski definition) is 9. The van der Waals surface area contributed by atoms with E-state index in [4.69, 9.17) is 14.7 Å². The van der Waals surface area contributed by atoms with Gasteiger partial charge in [0, 0.05) is 68.2 Å². The lowest BCUT2D eigenvalue weighted by molar-refractivity contribution is -0.104. The Morgan fingerprint density at radius 2 is 1.92 bits per heavy atom. The molecule has 3 heterocycles. The molecule has 2 aromatic carbocycles. The van der Waals surface area contributed by atoms with Crippen LogP contribution in [0.3, 0.4) is 0 Å². The molecule has 1 aromatic heterocycles. The highest BCUT2D eigenvalue weighted by molar-refractivity contribution is 5.95. The molecule has 2 N–H and O–H groups in total. The molecule has 0 radical (unpaired) electrons. The predicted octanol–water partition coefficient (Wildman–Crippen LogP) is 2.72. The average Bonchev–Trinajstić information content (AvgIpc) is 2.91. The number of benzene rings is 2. The Bertz CT molecular complexity index is 1290. The van der Waals surface area contributed by atoms with Crippen LogP contribution in [-0.2, 0) is 17.8 Å². The van der Waals surface area contributed by atoms with Gasteiger partial charge in [0.15, 0.2) is 0 Å². The number of nitrogens with zero attached hydrogens (tertiary/aromatic N) is 5. The van der Waals surface area contributed by atoms with Crippen molar-refractivity contribution in [3.8, 4) is 11.8 Å². The van der Waals surface area contributed by atoms with Gasteiger partial charge >= 0.3 is 6.01 Å². The second kappa shape index (κ2) is 11.0. The standard InChI is InChI=1S/C28H34N6O3/c1-20(18-29-2)37-28-30-25-19-34(26-17-22(36)16-21-6-3-4-7-23(21)26)10-8-24(25)27(31-28)33-13-11-32(12-14-33)9-5-15-35/h3-7,9,15-17,20,29,36H,8,10-14,18-19H2,1-2H3/t20-/m1/s1. The van der Waals surface area contributed by atoms with Crippen molar-refractivity contribution in [2.24, 2.45) is 0 Å². The van der Waals surface area contributed by atoms with Crippen molar-refractivity contribution in [2.45, 2.75) is 26.0 Å². The highest BCUT2D eigenvalue weighted by atomic mass is 16.5. The summed E-state index contributed by atoms with van der Waals surface area (Å²) in [5, 5.41) is 15.7. The van der Waals surface area contributed by atoms with Crippen LogP contribution in [0.2, 0.25) is 0 Å². The lowest BCUT2D eigenvalue weighted by Crippen LogP contribution is -2.45. The third kappa shape index (κ3) is 5.46. The molecule has 9 heteroatoms. The van der Waals surface area contributed by atoms with Gasteiger partial charge in [-0.15, -0.1) is 0 Å². The second-order valence-corrected chi connectivity index (χ2v) is 9.60. The molecule has 3 aromatic rings. The van der Waals surface area contributed by atoms with Crippen LogP contribution in [0, 0.1) is 0 Å². The van der Waals surface area contributed by atoms with Crippen LogP contribution in [0.1, 0.15) is 18.2 Å². The fourth-order valence-electron chi connectivity index (χ4n) is 5.19. The average molecular weight is 503 g/mol. The van der Waals surface area contributed by atoms with Crippen molar-refractivity contribution < 1.29 is 14.6 Å². The Morgan fingerprint density at radius 3 is 2.70 bits per heavy atom. The lowest BCUT2D eigenvalue weighted by atomic mass is 10.0. The predicted molar refractivity (Wildman–Crippen MR) is 145 cm³/mol. The van der Waals surface area contributed by atoms with Crippen molar-refractivity contribution >= 4 is 28.6 Å². The van der Waals surface area contributed by atoms with Gasteiger partial charge in [-0.05, 0) is 37.9 Å². The number of hydrogen-bond donors (Lipinski definition) is 2. The number of aromatic hydroxyl groups is 1. The number of allylic oxidation sites excluding steroid dienone is 1. The quantitative estimate of drug-likeness (QED) is 0.356. The summed E-state index contributed by atoms with van der Waals surface area (Å²) in [5.41, 5.74) is 3.12. The summed E-state index contributed by atoms with van der Waals surface area (Å²) in [6, 6.07) is 12.2. The van der Waals surface area contributed by atoms with Gasteiger partial charge in [-0.25, -0.2) is 0 Å². The molecule has 9 nitrogen and oxygen atoms in total. The maximum Gasteiger partial charge on any atom is 0.318 e. The molecule has 0 aliphatic carbocycles. The summed E-state index contributed by atoms with van der Waals surface area (Å²) in [6.07, 6.45) is 4.93. The third-order valence-electron chi connectivity index (χ3n) is 6.98. The molecule has 0 spiro atoms. The van der Waals surface area contributed by atoms with Crippen LogP contribution in [0.4, 0.5) is 11.5 Å². The minimum absolute atomic E-state index is 0.0732. The summed E-state index contributed by atoms with van der Waals surface area (Å²) in [6.45, 7) is 7.35. The molecule has 1 atom stereocenters. The fourth-order valence-corrected chi connectivity index (χ4v) is 5.19. The van der Waals surface area contributed by atoms with Crippen molar-refractivity contribution in [3.63, 3.8) is 0 Å². The normalized spacial score (nSPS) is 16.8. The fraction of sp³-hybridized carbons (Fsp3) is 0.393. The molecule has 37 heavy (non-hydrogen) atoms. The molecule has 1 fully saturated rings. The molecule has 1 saturated heterocycles. The van der Waals surface area contributed by atoms with Crippen LogP contribution < -0.4 is 19.9 Å². The Kier molecular flexibility index (Phi) is 7.41. The first-order valence-corrected chi connectivity index (χ1v) is 12.8. The van der Waals surface area contributed by atoms with Crippen molar-refractivity contribution in [3.05, 3.63) is 59.9 Å². The van der Waals surface area contributed by atoms with Gasteiger partial charge in [0.25, 0.3) is 0 Å². The van der Waals surface area contributed by atoms with E-state index in [2.05, 4.69) is 26.1 Å². The van der Waals surface area contributed by atoms with Gasteiger partial charge in [-0.3, -0.25) is 4.79 Å². The molecular formula is C28H34N6O3. The van der Waals surface area contributed by atoms with E-state index in [0.717, 1.165) is 79.0 Å². The number of carbonyl (C=O) groups is 1. The lowest BCUT2D eigenvalue weighted by Gasteiger charge is -2.38. The van der Waals surface area contributed by atoms with Crippen molar-refractivity contribution in [1.29, 1.82) is 0 Å². The first kappa shape index (κ1) is 24.8. The summed E-state index contributed by atoms with van der Waals surface area (Å²) in [4.78, 5) is 27.2. The number of fused-ring (bicyclic) bond motifs is 2. The molecule has 2 aliphatic rings. The number of likely N-dealkylation sites (N-methyl/N-ethyl adjacent to an activating group) is 1. The SMILES string of the molecule is CNC[C@@H](C)Oc1nc2c(c(N3CCN(C=CC=O)CC3)n1)CCN(c1cc(O)cc3ccccc13)C2. The zero-order chi connectivity index (χ0) is 25.8. The first-order chi connectivity index (χ1) is 18.1. The van der Waals surface area contributed by atoms with E-state index >= 15 is 0 Å². The maximum absolute atomic E-state index is 10.7.